The highest BCUT2D eigenvalue weighted by atomic mass is 19.4. The van der Waals surface area contributed by atoms with Crippen molar-refractivity contribution < 1.29 is 45.8 Å². The molecule has 3 saturated heterocycles. The Morgan fingerprint density at radius 2 is 1.79 bits per heavy atom. The number of nitrogens with one attached hydrogen (secondary N) is 3. The Kier molecular flexibility index (Phi) is 8.22. The van der Waals surface area contributed by atoms with E-state index in [9.17, 15) is 22.8 Å². The third-order valence-electron chi connectivity index (χ3n) is 9.60. The van der Waals surface area contributed by atoms with Gasteiger partial charge in [0.25, 0.3) is 5.91 Å². The van der Waals surface area contributed by atoms with Gasteiger partial charge in [-0.1, -0.05) is 0 Å². The molecule has 1 aromatic carbocycles. The minimum atomic E-state index is -4.64. The fraction of sp³-hybridized carbons (Fsp3) is 0.516. The van der Waals surface area contributed by atoms with Crippen molar-refractivity contribution in [1.82, 2.24) is 25.2 Å². The molecule has 4 aliphatic heterocycles. The Balaban J connectivity index is 0.000000559. The Hall–Kier alpha value is -4.38. The summed E-state index contributed by atoms with van der Waals surface area (Å²) in [4.78, 5) is 49.0. The van der Waals surface area contributed by atoms with E-state index in [1.807, 2.05) is 0 Å². The number of rotatable bonds is 4. The highest BCUT2D eigenvalue weighted by Gasteiger charge is 2.48. The molecule has 256 valence electrons. The summed E-state index contributed by atoms with van der Waals surface area (Å²) in [5.41, 5.74) is 0.603. The number of alkyl halides is 3. The number of likely N-dealkylation sites (tertiary alicyclic amines) is 1. The van der Waals surface area contributed by atoms with E-state index in [1.54, 1.807) is 12.1 Å². The maximum Gasteiger partial charge on any atom is 0.446 e. The maximum absolute atomic E-state index is 15.6. The van der Waals surface area contributed by atoms with Gasteiger partial charge in [0.2, 0.25) is 6.29 Å². The number of hydrogen-bond donors (Lipinski definition) is 3. The minimum absolute atomic E-state index is 0.0661. The lowest BCUT2D eigenvalue weighted by molar-refractivity contribution is -0.156. The molecule has 5 aliphatic rings. The number of H-pyrrole nitrogens is 1. The molecule has 1 aliphatic carbocycles. The zero-order valence-corrected chi connectivity index (χ0v) is 25.6. The molecule has 0 saturated carbocycles. The van der Waals surface area contributed by atoms with Gasteiger partial charge in [-0.3, -0.25) is 14.5 Å². The Bertz CT molecular complexity index is 1720. The van der Waals surface area contributed by atoms with Crippen LogP contribution in [0.5, 0.6) is 5.75 Å². The van der Waals surface area contributed by atoms with Gasteiger partial charge in [-0.05, 0) is 55.0 Å². The number of aromatic nitrogens is 3. The van der Waals surface area contributed by atoms with Crippen LogP contribution in [0.25, 0.3) is 11.0 Å². The summed E-state index contributed by atoms with van der Waals surface area (Å²) in [5.74, 6) is 0.998. The molecule has 12 nitrogen and oxygen atoms in total. The second kappa shape index (κ2) is 12.3. The van der Waals surface area contributed by atoms with Crippen molar-refractivity contribution >= 4 is 41.0 Å². The molecule has 0 radical (unpaired) electrons. The number of carbonyl (C=O) groups excluding carboxylic acids is 3. The molecule has 1 spiro atoms. The van der Waals surface area contributed by atoms with Crippen molar-refractivity contribution in [3.8, 4) is 5.75 Å². The number of anilines is 2. The average molecular weight is 678 g/mol. The number of piperidine rings is 1. The lowest BCUT2D eigenvalue weighted by Crippen LogP contribution is -2.48. The number of ether oxygens (including phenoxy) is 2. The highest BCUT2D eigenvalue weighted by molar-refractivity contribution is 5.95. The van der Waals surface area contributed by atoms with Gasteiger partial charge in [0.05, 0.1) is 6.54 Å². The van der Waals surface area contributed by atoms with Crippen LogP contribution >= 0.6 is 0 Å². The maximum atomic E-state index is 15.6. The number of carbonyl (C=O) groups is 3. The van der Waals surface area contributed by atoms with E-state index in [-0.39, 0.29) is 47.0 Å². The fourth-order valence-electron chi connectivity index (χ4n) is 7.23. The lowest BCUT2D eigenvalue weighted by atomic mass is 9.90. The summed E-state index contributed by atoms with van der Waals surface area (Å²) < 4.78 is 73.6. The monoisotopic (exact) mass is 677 g/mol. The van der Waals surface area contributed by atoms with Crippen LogP contribution in [0.1, 0.15) is 42.1 Å². The van der Waals surface area contributed by atoms with Crippen LogP contribution in [0.4, 0.5) is 38.4 Å². The van der Waals surface area contributed by atoms with Crippen LogP contribution < -0.4 is 20.3 Å². The van der Waals surface area contributed by atoms with E-state index in [4.69, 9.17) is 14.3 Å². The second-order valence-corrected chi connectivity index (χ2v) is 12.8. The molecule has 0 bridgehead atoms. The third-order valence-corrected chi connectivity index (χ3v) is 9.60. The number of imidazole rings is 1. The molecular formula is C31H32F5N7O5. The molecule has 2 unspecified atom stereocenters. The van der Waals surface area contributed by atoms with Gasteiger partial charge in [0, 0.05) is 44.9 Å². The van der Waals surface area contributed by atoms with Crippen LogP contribution in [0.15, 0.2) is 12.1 Å². The first-order valence-corrected chi connectivity index (χ1v) is 15.7. The van der Waals surface area contributed by atoms with Crippen LogP contribution in [-0.2, 0) is 27.2 Å². The molecule has 2 aromatic heterocycles. The SMILES string of the molecule is O=C1COc2ccc(N3CC4(CCN(CC5Cc6c(c(F)c7[nH]c(C8CCNC8)nc7c6F)C5)CC4)OC3=O)nc2N1.O=CC(F)(F)F. The van der Waals surface area contributed by atoms with E-state index < -0.39 is 30.0 Å². The van der Waals surface area contributed by atoms with Crippen LogP contribution in [-0.4, -0.2) is 95.8 Å². The molecule has 17 heteroatoms. The summed E-state index contributed by atoms with van der Waals surface area (Å²) in [6.45, 7) is 4.08. The predicted octanol–water partition coefficient (Wildman–Crippen LogP) is 3.60. The number of amides is 2. The van der Waals surface area contributed by atoms with Gasteiger partial charge < -0.3 is 30.0 Å². The highest BCUT2D eigenvalue weighted by Crippen LogP contribution is 2.40. The standard InChI is InChI=1S/C29H31F2N7O4.C2HF3O/c30-22-17-9-15(10-18(17)23(31)25-24(22)35-26(36-25)16-3-6-32-11-16)12-37-7-4-29(5-8-37)14-38(28(40)42-29)20-2-1-19-27(33-20)34-21(39)13-41-19;3-2(4,5)1-6/h1-2,15-16,32H,3-14H2,(H,35,36)(H,33,34,39);1H. The summed E-state index contributed by atoms with van der Waals surface area (Å²) in [6.07, 6.45) is -3.00. The first-order chi connectivity index (χ1) is 22.9. The lowest BCUT2D eigenvalue weighted by Gasteiger charge is -2.38. The normalized spacial score (nSPS) is 22.2. The number of nitrogens with zero attached hydrogens (tertiary/aromatic N) is 4. The molecule has 2 atom stereocenters. The first kappa shape index (κ1) is 32.2. The molecule has 2 amide bonds. The zero-order valence-electron chi connectivity index (χ0n) is 25.6. The Morgan fingerprint density at radius 1 is 1.06 bits per heavy atom. The summed E-state index contributed by atoms with van der Waals surface area (Å²) >= 11 is 0. The van der Waals surface area contributed by atoms with Crippen molar-refractivity contribution in [2.75, 3.05) is 56.1 Å². The van der Waals surface area contributed by atoms with Crippen molar-refractivity contribution in [1.29, 1.82) is 0 Å². The molecule has 6 heterocycles. The number of benzene rings is 1. The van der Waals surface area contributed by atoms with Crippen molar-refractivity contribution in [2.24, 2.45) is 5.92 Å². The van der Waals surface area contributed by atoms with Crippen molar-refractivity contribution in [3.05, 3.63) is 40.7 Å². The van der Waals surface area contributed by atoms with Gasteiger partial charge >= 0.3 is 12.3 Å². The molecule has 48 heavy (non-hydrogen) atoms. The minimum Gasteiger partial charge on any atom is -0.480 e. The number of aromatic amines is 1. The number of aldehydes is 1. The average Bonchev–Trinajstić information content (AvgIpc) is 3.87. The van der Waals surface area contributed by atoms with E-state index in [2.05, 4.69) is 30.5 Å². The quantitative estimate of drug-likeness (QED) is 0.279. The number of hydrogen-bond acceptors (Lipinski definition) is 9. The predicted molar refractivity (Wildman–Crippen MR) is 160 cm³/mol. The van der Waals surface area contributed by atoms with Gasteiger partial charge in [-0.2, -0.15) is 13.2 Å². The van der Waals surface area contributed by atoms with Gasteiger partial charge in [0.15, 0.2) is 29.8 Å². The van der Waals surface area contributed by atoms with E-state index in [0.717, 1.165) is 19.5 Å². The number of pyridine rings is 1. The van der Waals surface area contributed by atoms with Crippen molar-refractivity contribution in [3.63, 3.8) is 0 Å². The summed E-state index contributed by atoms with van der Waals surface area (Å²) in [6, 6.07) is 3.37. The fourth-order valence-corrected chi connectivity index (χ4v) is 7.23. The molecular weight excluding hydrogens is 645 g/mol. The molecule has 3 fully saturated rings. The third kappa shape index (κ3) is 6.16. The molecule has 3 N–H and O–H groups in total. The molecule has 8 rings (SSSR count). The Morgan fingerprint density at radius 3 is 2.48 bits per heavy atom. The smallest absolute Gasteiger partial charge is 0.446 e. The first-order valence-electron chi connectivity index (χ1n) is 15.7. The number of halogens is 5. The van der Waals surface area contributed by atoms with Gasteiger partial charge in [-0.15, -0.1) is 0 Å². The summed E-state index contributed by atoms with van der Waals surface area (Å²) in [5, 5.41) is 5.94. The number of fused-ring (bicyclic) bond motifs is 3. The van der Waals surface area contributed by atoms with Crippen LogP contribution in [0, 0.1) is 17.6 Å². The van der Waals surface area contributed by atoms with Crippen LogP contribution in [0.2, 0.25) is 0 Å². The van der Waals surface area contributed by atoms with E-state index in [1.165, 1.54) is 4.90 Å². The molecule has 3 aromatic rings. The van der Waals surface area contributed by atoms with Crippen LogP contribution in [0.3, 0.4) is 0 Å². The van der Waals surface area contributed by atoms with E-state index in [0.29, 0.717) is 80.4 Å². The second-order valence-electron chi connectivity index (χ2n) is 12.8. The summed E-state index contributed by atoms with van der Waals surface area (Å²) in [7, 11) is 0. The van der Waals surface area contributed by atoms with Crippen molar-refractivity contribution in [2.45, 2.75) is 49.8 Å². The Labute approximate surface area is 270 Å². The topological polar surface area (TPSA) is 142 Å². The van der Waals surface area contributed by atoms with Gasteiger partial charge in [-0.25, -0.2) is 23.5 Å². The van der Waals surface area contributed by atoms with Gasteiger partial charge in [0.1, 0.15) is 28.3 Å². The van der Waals surface area contributed by atoms with E-state index >= 15 is 8.78 Å². The zero-order chi connectivity index (χ0) is 33.8. The largest absolute Gasteiger partial charge is 0.480 e.